The number of amides is 1. The fourth-order valence-corrected chi connectivity index (χ4v) is 2.30. The van der Waals surface area contributed by atoms with Gasteiger partial charge in [-0.3, -0.25) is 9.78 Å². The summed E-state index contributed by atoms with van der Waals surface area (Å²) >= 11 is 0. The molecule has 106 valence electrons. The van der Waals surface area contributed by atoms with Gasteiger partial charge >= 0.3 is 0 Å². The molecule has 0 saturated carbocycles. The molecule has 1 aromatic heterocycles. The van der Waals surface area contributed by atoms with E-state index in [-0.39, 0.29) is 12.5 Å². The molecule has 0 aliphatic rings. The number of hydrogen-bond donors (Lipinski definition) is 2. The number of nitrogens with zero attached hydrogens (tertiary/aromatic N) is 2. The van der Waals surface area contributed by atoms with Crippen LogP contribution in [0.15, 0.2) is 30.5 Å². The van der Waals surface area contributed by atoms with Gasteiger partial charge in [0, 0.05) is 29.5 Å². The van der Waals surface area contributed by atoms with Crippen molar-refractivity contribution < 1.29 is 4.79 Å². The molecular formula is C15H20N4O. The van der Waals surface area contributed by atoms with Gasteiger partial charge in [-0.05, 0) is 30.2 Å². The van der Waals surface area contributed by atoms with Crippen LogP contribution in [0.25, 0.3) is 10.9 Å². The lowest BCUT2D eigenvalue weighted by molar-refractivity contribution is -0.116. The summed E-state index contributed by atoms with van der Waals surface area (Å²) in [6.45, 7) is 5.17. The Hall–Kier alpha value is -2.30. The van der Waals surface area contributed by atoms with E-state index in [1.54, 1.807) is 6.20 Å². The third kappa shape index (κ3) is 3.17. The van der Waals surface area contributed by atoms with E-state index in [1.165, 1.54) is 0 Å². The first kappa shape index (κ1) is 14.1. The zero-order chi connectivity index (χ0) is 14.7. The third-order valence-electron chi connectivity index (χ3n) is 3.02. The molecule has 0 aliphatic carbocycles. The third-order valence-corrected chi connectivity index (χ3v) is 3.02. The van der Waals surface area contributed by atoms with Crippen molar-refractivity contribution in [2.45, 2.75) is 13.8 Å². The number of primary amides is 1. The van der Waals surface area contributed by atoms with Crippen LogP contribution >= 0.6 is 0 Å². The predicted molar refractivity (Wildman–Crippen MR) is 82.4 cm³/mol. The lowest BCUT2D eigenvalue weighted by Gasteiger charge is -2.26. The van der Waals surface area contributed by atoms with Crippen LogP contribution in [-0.4, -0.2) is 24.0 Å². The monoisotopic (exact) mass is 272 g/mol. The molecule has 0 fully saturated rings. The zero-order valence-corrected chi connectivity index (χ0v) is 11.8. The molecule has 4 N–H and O–H groups in total. The van der Waals surface area contributed by atoms with Gasteiger partial charge in [0.25, 0.3) is 0 Å². The Morgan fingerprint density at radius 1 is 1.35 bits per heavy atom. The first-order chi connectivity index (χ1) is 9.47. The molecule has 5 heteroatoms. The minimum Gasteiger partial charge on any atom is -0.399 e. The van der Waals surface area contributed by atoms with Crippen molar-refractivity contribution in [2.75, 3.05) is 23.7 Å². The zero-order valence-electron chi connectivity index (χ0n) is 11.8. The van der Waals surface area contributed by atoms with E-state index in [0.717, 1.165) is 23.1 Å². The molecule has 0 unspecified atom stereocenters. The molecule has 0 saturated heterocycles. The van der Waals surface area contributed by atoms with Crippen molar-refractivity contribution in [3.8, 4) is 0 Å². The van der Waals surface area contributed by atoms with Crippen LogP contribution in [0, 0.1) is 5.92 Å². The number of aromatic nitrogens is 1. The normalized spacial score (nSPS) is 10.9. The van der Waals surface area contributed by atoms with E-state index >= 15 is 0 Å². The fraction of sp³-hybridized carbons (Fsp3) is 0.333. The number of carbonyl (C=O) groups excluding carboxylic acids is 1. The molecule has 2 rings (SSSR count). The number of carbonyl (C=O) groups is 1. The second-order valence-electron chi connectivity index (χ2n) is 5.35. The van der Waals surface area contributed by atoms with Crippen LogP contribution < -0.4 is 16.4 Å². The molecule has 1 heterocycles. The molecule has 5 nitrogen and oxygen atoms in total. The Kier molecular flexibility index (Phi) is 4.08. The molecule has 0 spiro atoms. The van der Waals surface area contributed by atoms with Gasteiger partial charge in [0.05, 0.1) is 12.1 Å². The Labute approximate surface area is 118 Å². The van der Waals surface area contributed by atoms with E-state index in [2.05, 4.69) is 18.8 Å². The molecular weight excluding hydrogens is 252 g/mol. The van der Waals surface area contributed by atoms with Gasteiger partial charge in [-0.15, -0.1) is 0 Å². The Morgan fingerprint density at radius 2 is 2.10 bits per heavy atom. The summed E-state index contributed by atoms with van der Waals surface area (Å²) in [7, 11) is 0. The summed E-state index contributed by atoms with van der Waals surface area (Å²) in [4.78, 5) is 17.6. The molecule has 20 heavy (non-hydrogen) atoms. The molecule has 0 aliphatic heterocycles. The number of nitrogens with two attached hydrogens (primary N) is 2. The molecule has 1 amide bonds. The van der Waals surface area contributed by atoms with E-state index in [0.29, 0.717) is 11.6 Å². The van der Waals surface area contributed by atoms with Crippen molar-refractivity contribution in [3.63, 3.8) is 0 Å². The van der Waals surface area contributed by atoms with Crippen LogP contribution in [0.4, 0.5) is 11.4 Å². The average Bonchev–Trinajstić information content (AvgIpc) is 2.35. The summed E-state index contributed by atoms with van der Waals surface area (Å²) in [6, 6.07) is 7.51. The van der Waals surface area contributed by atoms with Crippen molar-refractivity contribution in [3.05, 3.63) is 30.5 Å². The number of hydrogen-bond acceptors (Lipinski definition) is 4. The van der Waals surface area contributed by atoms with Gasteiger partial charge in [0.2, 0.25) is 5.91 Å². The topological polar surface area (TPSA) is 85.2 Å². The standard InChI is InChI=1S/C15H20N4O/c1-10(2)8-19(9-15(17)20)14-5-6-18-13-7-11(16)3-4-12(13)14/h3-7,10H,8-9,16H2,1-2H3,(H2,17,20). The van der Waals surface area contributed by atoms with Gasteiger partial charge in [0.1, 0.15) is 0 Å². The van der Waals surface area contributed by atoms with Crippen molar-refractivity contribution in [1.29, 1.82) is 0 Å². The lowest BCUT2D eigenvalue weighted by Crippen LogP contribution is -2.36. The lowest BCUT2D eigenvalue weighted by atomic mass is 10.1. The Morgan fingerprint density at radius 3 is 2.75 bits per heavy atom. The summed E-state index contributed by atoms with van der Waals surface area (Å²) < 4.78 is 0. The number of nitrogen functional groups attached to an aromatic ring is 1. The van der Waals surface area contributed by atoms with Crippen LogP contribution in [-0.2, 0) is 4.79 Å². The maximum Gasteiger partial charge on any atom is 0.236 e. The highest BCUT2D eigenvalue weighted by atomic mass is 16.1. The largest absolute Gasteiger partial charge is 0.399 e. The van der Waals surface area contributed by atoms with Crippen molar-refractivity contribution in [1.82, 2.24) is 4.98 Å². The Bertz CT molecular complexity index is 624. The quantitative estimate of drug-likeness (QED) is 0.812. The first-order valence-electron chi connectivity index (χ1n) is 6.65. The highest BCUT2D eigenvalue weighted by molar-refractivity contribution is 5.94. The van der Waals surface area contributed by atoms with E-state index in [9.17, 15) is 4.79 Å². The summed E-state index contributed by atoms with van der Waals surface area (Å²) in [5.41, 5.74) is 13.6. The highest BCUT2D eigenvalue weighted by Crippen LogP contribution is 2.27. The average molecular weight is 272 g/mol. The van der Waals surface area contributed by atoms with Crippen LogP contribution in [0.2, 0.25) is 0 Å². The minimum atomic E-state index is -0.342. The van der Waals surface area contributed by atoms with Gasteiger partial charge in [-0.25, -0.2) is 0 Å². The number of rotatable bonds is 5. The highest BCUT2D eigenvalue weighted by Gasteiger charge is 2.14. The van der Waals surface area contributed by atoms with Crippen molar-refractivity contribution in [2.24, 2.45) is 11.7 Å². The molecule has 0 bridgehead atoms. The molecule has 0 atom stereocenters. The predicted octanol–water partition coefficient (Wildman–Crippen LogP) is 1.76. The second kappa shape index (κ2) is 5.77. The smallest absolute Gasteiger partial charge is 0.236 e. The maximum atomic E-state index is 11.3. The molecule has 1 aromatic carbocycles. The summed E-state index contributed by atoms with van der Waals surface area (Å²) in [5.74, 6) is 0.0809. The number of anilines is 2. The second-order valence-corrected chi connectivity index (χ2v) is 5.35. The van der Waals surface area contributed by atoms with Gasteiger partial charge in [-0.1, -0.05) is 13.8 Å². The SMILES string of the molecule is CC(C)CN(CC(N)=O)c1ccnc2cc(N)ccc12. The van der Waals surface area contributed by atoms with Gasteiger partial charge < -0.3 is 16.4 Å². The van der Waals surface area contributed by atoms with Gasteiger partial charge in [-0.2, -0.15) is 0 Å². The maximum absolute atomic E-state index is 11.3. The van der Waals surface area contributed by atoms with E-state index in [1.807, 2.05) is 29.2 Å². The number of benzene rings is 1. The number of pyridine rings is 1. The van der Waals surface area contributed by atoms with Crippen LogP contribution in [0.1, 0.15) is 13.8 Å². The van der Waals surface area contributed by atoms with Gasteiger partial charge in [0.15, 0.2) is 0 Å². The first-order valence-corrected chi connectivity index (χ1v) is 6.65. The van der Waals surface area contributed by atoms with Crippen LogP contribution in [0.3, 0.4) is 0 Å². The summed E-state index contributed by atoms with van der Waals surface area (Å²) in [6.07, 6.45) is 1.73. The minimum absolute atomic E-state index is 0.196. The summed E-state index contributed by atoms with van der Waals surface area (Å²) in [5, 5.41) is 0.976. The molecule has 2 aromatic rings. The van der Waals surface area contributed by atoms with E-state index in [4.69, 9.17) is 11.5 Å². The Balaban J connectivity index is 2.49. The van der Waals surface area contributed by atoms with E-state index < -0.39 is 0 Å². The van der Waals surface area contributed by atoms with Crippen LogP contribution in [0.5, 0.6) is 0 Å². The van der Waals surface area contributed by atoms with Crippen molar-refractivity contribution >= 4 is 28.2 Å². The molecule has 0 radical (unpaired) electrons. The number of fused-ring (bicyclic) bond motifs is 1. The fourth-order valence-electron chi connectivity index (χ4n) is 2.30.